The highest BCUT2D eigenvalue weighted by Crippen LogP contribution is 2.37. The molecule has 0 bridgehead atoms. The van der Waals surface area contributed by atoms with Crippen molar-refractivity contribution < 1.29 is 13.9 Å². The van der Waals surface area contributed by atoms with Crippen LogP contribution in [0.5, 0.6) is 5.75 Å². The molecule has 164 valence electrons. The summed E-state index contributed by atoms with van der Waals surface area (Å²) in [5.74, 6) is 0.553. The zero-order valence-electron chi connectivity index (χ0n) is 17.8. The molecule has 33 heavy (non-hydrogen) atoms. The lowest BCUT2D eigenvalue weighted by Gasteiger charge is -2.14. The second kappa shape index (κ2) is 8.54. The number of carbonyl (C=O) groups is 1. The molecule has 1 heterocycles. The van der Waals surface area contributed by atoms with Crippen molar-refractivity contribution in [3.8, 4) is 17.2 Å². The molecule has 1 aromatic heterocycles. The average molecular weight is 522 g/mol. The Balaban J connectivity index is 1.52. The van der Waals surface area contributed by atoms with Crippen molar-refractivity contribution in [2.75, 3.05) is 12.4 Å². The monoisotopic (exact) mass is 520 g/mol. The number of rotatable bonds is 4. The Hall–Kier alpha value is -3.35. The van der Waals surface area contributed by atoms with E-state index in [1.54, 1.807) is 25.3 Å². The van der Waals surface area contributed by atoms with Crippen LogP contribution >= 0.6 is 27.5 Å². The third-order valence-corrected chi connectivity index (χ3v) is 6.51. The van der Waals surface area contributed by atoms with Crippen molar-refractivity contribution in [2.45, 2.75) is 6.92 Å². The molecule has 5 rings (SSSR count). The predicted octanol–water partition coefficient (Wildman–Crippen LogP) is 7.63. The first kappa shape index (κ1) is 21.5. The minimum Gasteiger partial charge on any atom is -0.495 e. The van der Waals surface area contributed by atoms with E-state index in [1.807, 2.05) is 55.5 Å². The number of nitrogens with zero attached hydrogens (tertiary/aromatic N) is 1. The highest BCUT2D eigenvalue weighted by atomic mass is 79.9. The molecule has 1 amide bonds. The maximum Gasteiger partial charge on any atom is 0.259 e. The van der Waals surface area contributed by atoms with Crippen LogP contribution in [0, 0.1) is 6.92 Å². The van der Waals surface area contributed by atoms with E-state index in [2.05, 4.69) is 26.2 Å². The van der Waals surface area contributed by atoms with E-state index in [9.17, 15) is 4.79 Å². The third-order valence-electron chi connectivity index (χ3n) is 5.39. The lowest BCUT2D eigenvalue weighted by Crippen LogP contribution is -2.13. The lowest BCUT2D eigenvalue weighted by molar-refractivity contribution is 0.102. The van der Waals surface area contributed by atoms with E-state index in [4.69, 9.17) is 20.8 Å². The first-order chi connectivity index (χ1) is 15.9. The number of amides is 1. The Morgan fingerprint density at radius 1 is 1.09 bits per heavy atom. The van der Waals surface area contributed by atoms with Crippen molar-refractivity contribution >= 4 is 61.0 Å². The van der Waals surface area contributed by atoms with Gasteiger partial charge < -0.3 is 14.5 Å². The van der Waals surface area contributed by atoms with E-state index in [0.29, 0.717) is 39.1 Å². The number of nitrogens with one attached hydrogen (secondary N) is 1. The van der Waals surface area contributed by atoms with Gasteiger partial charge in [0.15, 0.2) is 5.58 Å². The lowest BCUT2D eigenvalue weighted by atomic mass is 10.0. The minimum atomic E-state index is -0.306. The van der Waals surface area contributed by atoms with Crippen LogP contribution in [0.2, 0.25) is 5.02 Å². The summed E-state index contributed by atoms with van der Waals surface area (Å²) in [6, 6.07) is 20.6. The number of halogens is 2. The Kier molecular flexibility index (Phi) is 5.56. The van der Waals surface area contributed by atoms with Crippen LogP contribution in [-0.2, 0) is 0 Å². The summed E-state index contributed by atoms with van der Waals surface area (Å²) < 4.78 is 12.2. The molecule has 0 aliphatic rings. The quantitative estimate of drug-likeness (QED) is 0.264. The number of fused-ring (bicyclic) bond motifs is 2. The molecule has 0 saturated carbocycles. The number of oxazole rings is 1. The fraction of sp³-hybridized carbons (Fsp3) is 0.0769. The van der Waals surface area contributed by atoms with Crippen LogP contribution in [0.1, 0.15) is 15.9 Å². The Labute approximate surface area is 203 Å². The van der Waals surface area contributed by atoms with Gasteiger partial charge in [-0.05, 0) is 75.6 Å². The number of benzene rings is 4. The minimum absolute atomic E-state index is 0.306. The molecule has 0 spiro atoms. The zero-order chi connectivity index (χ0) is 23.1. The molecule has 0 aliphatic carbocycles. The number of aryl methyl sites for hydroxylation is 1. The summed E-state index contributed by atoms with van der Waals surface area (Å²) in [6.45, 7) is 1.99. The van der Waals surface area contributed by atoms with Gasteiger partial charge in [-0.25, -0.2) is 4.98 Å². The molecule has 0 fully saturated rings. The predicted molar refractivity (Wildman–Crippen MR) is 135 cm³/mol. The molecule has 7 heteroatoms. The van der Waals surface area contributed by atoms with Crippen molar-refractivity contribution in [3.05, 3.63) is 87.4 Å². The van der Waals surface area contributed by atoms with Gasteiger partial charge >= 0.3 is 0 Å². The Morgan fingerprint density at radius 2 is 1.91 bits per heavy atom. The van der Waals surface area contributed by atoms with Crippen molar-refractivity contribution in [1.29, 1.82) is 0 Å². The fourth-order valence-electron chi connectivity index (χ4n) is 3.76. The van der Waals surface area contributed by atoms with Crippen LogP contribution in [-0.4, -0.2) is 18.0 Å². The number of methoxy groups -OCH3 is 1. The molecule has 0 unspecified atom stereocenters. The highest BCUT2D eigenvalue weighted by molar-refractivity contribution is 9.10. The van der Waals surface area contributed by atoms with Gasteiger partial charge in [0.1, 0.15) is 11.3 Å². The summed E-state index contributed by atoms with van der Waals surface area (Å²) in [5, 5.41) is 5.30. The van der Waals surface area contributed by atoms with Gasteiger partial charge in [0.25, 0.3) is 5.91 Å². The summed E-state index contributed by atoms with van der Waals surface area (Å²) in [7, 11) is 1.54. The van der Waals surface area contributed by atoms with E-state index in [1.165, 1.54) is 0 Å². The SMILES string of the molecule is COc1c(C(=O)Nc2ccc(Cl)c(-c3nc4ccc(C)cc4o3)c2)cc2ccccc2c1Br. The molecule has 0 aliphatic heterocycles. The van der Waals surface area contributed by atoms with Crippen LogP contribution < -0.4 is 10.1 Å². The summed E-state index contributed by atoms with van der Waals surface area (Å²) in [4.78, 5) is 17.8. The van der Waals surface area contributed by atoms with Crippen molar-refractivity contribution in [2.24, 2.45) is 0 Å². The topological polar surface area (TPSA) is 64.4 Å². The van der Waals surface area contributed by atoms with Crippen LogP contribution in [0.4, 0.5) is 5.69 Å². The number of hydrogen-bond donors (Lipinski definition) is 1. The van der Waals surface area contributed by atoms with Gasteiger partial charge in [-0.3, -0.25) is 4.79 Å². The number of aromatic nitrogens is 1. The highest BCUT2D eigenvalue weighted by Gasteiger charge is 2.19. The summed E-state index contributed by atoms with van der Waals surface area (Å²) in [6.07, 6.45) is 0. The first-order valence-electron chi connectivity index (χ1n) is 10.2. The average Bonchev–Trinajstić information content (AvgIpc) is 3.23. The van der Waals surface area contributed by atoms with Gasteiger partial charge in [0.2, 0.25) is 5.89 Å². The van der Waals surface area contributed by atoms with Gasteiger partial charge in [0.05, 0.1) is 27.7 Å². The molecule has 0 atom stereocenters. The second-order valence-electron chi connectivity index (χ2n) is 7.63. The van der Waals surface area contributed by atoms with E-state index >= 15 is 0 Å². The molecule has 4 aromatic carbocycles. The number of hydrogen-bond acceptors (Lipinski definition) is 4. The summed E-state index contributed by atoms with van der Waals surface area (Å²) in [5.41, 5.74) is 4.07. The van der Waals surface area contributed by atoms with Gasteiger partial charge in [-0.2, -0.15) is 0 Å². The van der Waals surface area contributed by atoms with E-state index < -0.39 is 0 Å². The first-order valence-corrected chi connectivity index (χ1v) is 11.4. The molecule has 0 radical (unpaired) electrons. The number of carbonyl (C=O) groups excluding carboxylic acids is 1. The van der Waals surface area contributed by atoms with Gasteiger partial charge in [0, 0.05) is 5.69 Å². The summed E-state index contributed by atoms with van der Waals surface area (Å²) >= 11 is 10.0. The van der Waals surface area contributed by atoms with E-state index in [-0.39, 0.29) is 5.91 Å². The van der Waals surface area contributed by atoms with E-state index in [0.717, 1.165) is 26.3 Å². The Bertz CT molecular complexity index is 1540. The van der Waals surface area contributed by atoms with Crippen LogP contribution in [0.3, 0.4) is 0 Å². The molecule has 5 aromatic rings. The van der Waals surface area contributed by atoms with Crippen LogP contribution in [0.15, 0.2) is 75.6 Å². The zero-order valence-corrected chi connectivity index (χ0v) is 20.1. The van der Waals surface area contributed by atoms with Crippen LogP contribution in [0.25, 0.3) is 33.3 Å². The van der Waals surface area contributed by atoms with Crippen molar-refractivity contribution in [3.63, 3.8) is 0 Å². The molecular formula is C26H18BrClN2O3. The Morgan fingerprint density at radius 3 is 2.73 bits per heavy atom. The standard InChI is InChI=1S/C26H18BrClN2O3/c1-14-7-10-21-22(11-14)33-26(30-21)18-13-16(8-9-20(18)28)29-25(31)19-12-15-5-3-4-6-17(15)23(27)24(19)32-2/h3-13H,1-2H3,(H,29,31). The molecule has 5 nitrogen and oxygen atoms in total. The normalized spacial score (nSPS) is 11.2. The second-order valence-corrected chi connectivity index (χ2v) is 8.83. The maximum absolute atomic E-state index is 13.2. The number of anilines is 1. The van der Waals surface area contributed by atoms with Gasteiger partial charge in [-0.1, -0.05) is 41.9 Å². The molecule has 1 N–H and O–H groups in total. The van der Waals surface area contributed by atoms with Gasteiger partial charge in [-0.15, -0.1) is 0 Å². The smallest absolute Gasteiger partial charge is 0.259 e. The molecule has 0 saturated heterocycles. The number of ether oxygens (including phenoxy) is 1. The van der Waals surface area contributed by atoms with Crippen molar-refractivity contribution in [1.82, 2.24) is 4.98 Å². The largest absolute Gasteiger partial charge is 0.495 e. The maximum atomic E-state index is 13.2. The molecular weight excluding hydrogens is 504 g/mol. The fourth-order valence-corrected chi connectivity index (χ4v) is 4.70. The third kappa shape index (κ3) is 3.96.